The van der Waals surface area contributed by atoms with Gasteiger partial charge in [-0.1, -0.05) is 48.0 Å². The highest BCUT2D eigenvalue weighted by Crippen LogP contribution is 2.28. The number of hydrogen-bond donors (Lipinski definition) is 1. The van der Waals surface area contributed by atoms with Crippen molar-refractivity contribution in [1.29, 1.82) is 0 Å². The predicted molar refractivity (Wildman–Crippen MR) is 111 cm³/mol. The number of nitrogens with one attached hydrogen (secondary N) is 1. The van der Waals surface area contributed by atoms with Gasteiger partial charge in [0.15, 0.2) is 0 Å². The van der Waals surface area contributed by atoms with Gasteiger partial charge in [0.2, 0.25) is 5.78 Å². The molecule has 7 heteroatoms. The molecule has 0 atom stereocenters. The Balaban J connectivity index is 2.06. The van der Waals surface area contributed by atoms with E-state index in [0.29, 0.717) is 33.1 Å². The van der Waals surface area contributed by atoms with Gasteiger partial charge in [-0.15, -0.1) is 0 Å². The summed E-state index contributed by atoms with van der Waals surface area (Å²) >= 11 is 5.95. The number of hydrogen-bond acceptors (Lipinski definition) is 5. The van der Waals surface area contributed by atoms with E-state index >= 15 is 0 Å². The van der Waals surface area contributed by atoms with Gasteiger partial charge in [-0.25, -0.2) is 4.79 Å². The van der Waals surface area contributed by atoms with E-state index in [1.54, 1.807) is 36.4 Å². The first-order chi connectivity index (χ1) is 14.0. The Kier molecular flexibility index (Phi) is 6.14. The van der Waals surface area contributed by atoms with Gasteiger partial charge in [0.05, 0.1) is 26.2 Å². The molecular weight excluding hydrogens is 392 g/mol. The van der Waals surface area contributed by atoms with Gasteiger partial charge in [0.1, 0.15) is 11.3 Å². The predicted octanol–water partition coefficient (Wildman–Crippen LogP) is 4.43. The third-order valence-electron chi connectivity index (χ3n) is 4.46. The van der Waals surface area contributed by atoms with Crippen molar-refractivity contribution in [2.75, 3.05) is 14.2 Å². The SMILES string of the molecule is COC=C(C(=O)OC)c1ccccc1C(=O)c1[nH]nc(-c2ccc(Cl)cc2)c1C. The molecular formula is C22H19ClN2O4. The molecule has 0 unspecified atom stereocenters. The van der Waals surface area contributed by atoms with E-state index in [0.717, 1.165) is 5.56 Å². The minimum absolute atomic E-state index is 0.147. The van der Waals surface area contributed by atoms with E-state index in [1.807, 2.05) is 19.1 Å². The zero-order valence-electron chi connectivity index (χ0n) is 16.2. The van der Waals surface area contributed by atoms with E-state index in [4.69, 9.17) is 21.1 Å². The summed E-state index contributed by atoms with van der Waals surface area (Å²) in [5.74, 6) is -0.896. The lowest BCUT2D eigenvalue weighted by Gasteiger charge is -2.10. The lowest BCUT2D eigenvalue weighted by molar-refractivity contribution is -0.133. The maximum Gasteiger partial charge on any atom is 0.341 e. The molecule has 0 saturated carbocycles. The van der Waals surface area contributed by atoms with Crippen molar-refractivity contribution < 1.29 is 19.1 Å². The molecule has 1 heterocycles. The van der Waals surface area contributed by atoms with Gasteiger partial charge < -0.3 is 9.47 Å². The van der Waals surface area contributed by atoms with Crippen molar-refractivity contribution >= 4 is 28.9 Å². The molecule has 1 aromatic heterocycles. The first-order valence-electron chi connectivity index (χ1n) is 8.74. The number of nitrogens with zero attached hydrogens (tertiary/aromatic N) is 1. The Morgan fingerprint density at radius 1 is 1.03 bits per heavy atom. The number of esters is 1. The maximum absolute atomic E-state index is 13.3. The van der Waals surface area contributed by atoms with Crippen LogP contribution in [0.5, 0.6) is 0 Å². The second kappa shape index (κ2) is 8.75. The molecule has 0 spiro atoms. The van der Waals surface area contributed by atoms with Gasteiger partial charge in [0.25, 0.3) is 0 Å². The topological polar surface area (TPSA) is 81.3 Å². The fourth-order valence-electron chi connectivity index (χ4n) is 3.01. The van der Waals surface area contributed by atoms with Crippen LogP contribution in [-0.4, -0.2) is 36.2 Å². The quantitative estimate of drug-likeness (QED) is 0.281. The van der Waals surface area contributed by atoms with Crippen molar-refractivity contribution in [2.45, 2.75) is 6.92 Å². The molecule has 148 valence electrons. The molecule has 0 amide bonds. The molecule has 0 fully saturated rings. The van der Waals surface area contributed by atoms with E-state index in [2.05, 4.69) is 10.2 Å². The van der Waals surface area contributed by atoms with Crippen LogP contribution >= 0.6 is 11.6 Å². The Morgan fingerprint density at radius 2 is 1.69 bits per heavy atom. The van der Waals surface area contributed by atoms with Crippen molar-refractivity contribution in [3.8, 4) is 11.3 Å². The number of methoxy groups -OCH3 is 2. The standard InChI is InChI=1S/C22H19ClN2O4/c1-13-19(14-8-10-15(23)11-9-14)24-25-20(13)21(26)17-7-5-4-6-16(17)18(12-28-2)22(27)29-3/h4-12H,1-3H3,(H,24,25). The molecule has 2 aromatic carbocycles. The minimum Gasteiger partial charge on any atom is -0.503 e. The lowest BCUT2D eigenvalue weighted by Crippen LogP contribution is -2.11. The summed E-state index contributed by atoms with van der Waals surface area (Å²) < 4.78 is 9.84. The summed E-state index contributed by atoms with van der Waals surface area (Å²) in [6.07, 6.45) is 1.26. The number of benzene rings is 2. The molecule has 0 aliphatic carbocycles. The number of carbonyl (C=O) groups excluding carboxylic acids is 2. The van der Waals surface area contributed by atoms with Crippen molar-refractivity contribution in [1.82, 2.24) is 10.2 Å². The zero-order chi connectivity index (χ0) is 21.0. The number of H-pyrrole nitrogens is 1. The van der Waals surface area contributed by atoms with Gasteiger partial charge in [-0.2, -0.15) is 5.10 Å². The second-order valence-electron chi connectivity index (χ2n) is 6.21. The highest BCUT2D eigenvalue weighted by Gasteiger charge is 2.24. The minimum atomic E-state index is -0.602. The molecule has 3 rings (SSSR count). The van der Waals surface area contributed by atoms with Crippen LogP contribution in [0.2, 0.25) is 5.02 Å². The molecule has 0 saturated heterocycles. The summed E-state index contributed by atoms with van der Waals surface area (Å²) in [7, 11) is 2.69. The second-order valence-corrected chi connectivity index (χ2v) is 6.65. The highest BCUT2D eigenvalue weighted by atomic mass is 35.5. The first-order valence-corrected chi connectivity index (χ1v) is 9.12. The Hall–Kier alpha value is -3.38. The third-order valence-corrected chi connectivity index (χ3v) is 4.71. The number of carbonyl (C=O) groups is 2. The third kappa shape index (κ3) is 4.07. The van der Waals surface area contributed by atoms with E-state index in [9.17, 15) is 9.59 Å². The van der Waals surface area contributed by atoms with Crippen molar-refractivity contribution in [2.24, 2.45) is 0 Å². The Labute approximate surface area is 173 Å². The number of rotatable bonds is 6. The van der Waals surface area contributed by atoms with Crippen LogP contribution in [0.4, 0.5) is 0 Å². The van der Waals surface area contributed by atoms with Gasteiger partial charge in [0, 0.05) is 27.3 Å². The fraction of sp³-hybridized carbons (Fsp3) is 0.136. The summed E-state index contributed by atoms with van der Waals surface area (Å²) in [5.41, 5.74) is 3.41. The molecule has 0 aliphatic heterocycles. The molecule has 29 heavy (non-hydrogen) atoms. The Bertz CT molecular complexity index is 1080. The smallest absolute Gasteiger partial charge is 0.341 e. The molecule has 0 bridgehead atoms. The number of halogens is 1. The number of ether oxygens (including phenoxy) is 2. The normalized spacial score (nSPS) is 11.2. The fourth-order valence-corrected chi connectivity index (χ4v) is 3.13. The molecule has 6 nitrogen and oxygen atoms in total. The summed E-state index contributed by atoms with van der Waals surface area (Å²) in [5, 5.41) is 7.75. The summed E-state index contributed by atoms with van der Waals surface area (Å²) in [6.45, 7) is 1.81. The van der Waals surface area contributed by atoms with Crippen LogP contribution in [0, 0.1) is 6.92 Å². The average Bonchev–Trinajstić information content (AvgIpc) is 3.13. The maximum atomic E-state index is 13.3. The van der Waals surface area contributed by atoms with Crippen LogP contribution in [0.3, 0.4) is 0 Å². The van der Waals surface area contributed by atoms with Crippen LogP contribution in [0.15, 0.2) is 54.8 Å². The van der Waals surface area contributed by atoms with Crippen LogP contribution < -0.4 is 0 Å². The lowest BCUT2D eigenvalue weighted by atomic mass is 9.94. The zero-order valence-corrected chi connectivity index (χ0v) is 16.9. The number of aromatic amines is 1. The highest BCUT2D eigenvalue weighted by molar-refractivity contribution is 6.30. The molecule has 0 radical (unpaired) electrons. The first kappa shape index (κ1) is 20.4. The van der Waals surface area contributed by atoms with Gasteiger partial charge in [-0.3, -0.25) is 9.89 Å². The molecule has 3 aromatic rings. The monoisotopic (exact) mass is 410 g/mol. The largest absolute Gasteiger partial charge is 0.503 e. The van der Waals surface area contributed by atoms with Crippen molar-refractivity contribution in [3.63, 3.8) is 0 Å². The van der Waals surface area contributed by atoms with Gasteiger partial charge in [-0.05, 0) is 19.1 Å². The summed E-state index contributed by atoms with van der Waals surface area (Å²) in [4.78, 5) is 25.5. The van der Waals surface area contributed by atoms with Crippen LogP contribution in [0.1, 0.15) is 27.2 Å². The summed E-state index contributed by atoms with van der Waals surface area (Å²) in [6, 6.07) is 14.0. The number of aromatic nitrogens is 2. The van der Waals surface area contributed by atoms with E-state index < -0.39 is 5.97 Å². The number of ketones is 1. The van der Waals surface area contributed by atoms with Crippen LogP contribution in [0.25, 0.3) is 16.8 Å². The average molecular weight is 411 g/mol. The van der Waals surface area contributed by atoms with Crippen molar-refractivity contribution in [3.05, 3.63) is 82.2 Å². The van der Waals surface area contributed by atoms with Gasteiger partial charge >= 0.3 is 5.97 Å². The van der Waals surface area contributed by atoms with E-state index in [-0.39, 0.29) is 11.4 Å². The molecule has 0 aliphatic rings. The Morgan fingerprint density at radius 3 is 2.31 bits per heavy atom. The van der Waals surface area contributed by atoms with E-state index in [1.165, 1.54) is 20.5 Å². The molecule has 1 N–H and O–H groups in total. The van der Waals surface area contributed by atoms with Crippen LogP contribution in [-0.2, 0) is 14.3 Å².